The SMILES string of the molecule is CCNC(=NCc1nnc2n1CCC2)N1CCC2C(CCCN2Cc2ccccc2)C1.I. The average Bonchev–Trinajstić information content (AvgIpc) is 3.42. The summed E-state index contributed by atoms with van der Waals surface area (Å²) in [5.74, 6) is 3.88. The summed E-state index contributed by atoms with van der Waals surface area (Å²) in [6.07, 6.45) is 6.05. The minimum atomic E-state index is 0. The van der Waals surface area contributed by atoms with E-state index in [1.54, 1.807) is 0 Å². The lowest BCUT2D eigenvalue weighted by Crippen LogP contribution is -2.56. The molecular formula is C24H36IN7. The summed E-state index contributed by atoms with van der Waals surface area (Å²) in [6, 6.07) is 11.6. The molecule has 2 fully saturated rings. The normalized spacial score (nSPS) is 23.4. The molecule has 0 bridgehead atoms. The van der Waals surface area contributed by atoms with Crippen LogP contribution in [0.1, 0.15) is 49.8 Å². The van der Waals surface area contributed by atoms with Crippen molar-refractivity contribution in [1.82, 2.24) is 29.9 Å². The molecule has 1 aromatic carbocycles. The zero-order chi connectivity index (χ0) is 21.0. The molecule has 7 nitrogen and oxygen atoms in total. The topological polar surface area (TPSA) is 61.6 Å². The molecule has 0 saturated carbocycles. The molecule has 0 amide bonds. The van der Waals surface area contributed by atoms with Gasteiger partial charge in [0.05, 0.1) is 0 Å². The Hall–Kier alpha value is -1.68. The van der Waals surface area contributed by atoms with Gasteiger partial charge in [-0.25, -0.2) is 4.99 Å². The van der Waals surface area contributed by atoms with E-state index in [-0.39, 0.29) is 24.0 Å². The maximum atomic E-state index is 4.98. The van der Waals surface area contributed by atoms with Crippen molar-refractivity contribution in [2.45, 2.75) is 64.7 Å². The van der Waals surface area contributed by atoms with Crippen molar-refractivity contribution in [3.05, 3.63) is 47.5 Å². The minimum Gasteiger partial charge on any atom is -0.357 e. The van der Waals surface area contributed by atoms with Gasteiger partial charge in [0.1, 0.15) is 12.4 Å². The first-order chi connectivity index (χ1) is 15.3. The number of aromatic nitrogens is 3. The lowest BCUT2D eigenvalue weighted by molar-refractivity contribution is 0.0372. The summed E-state index contributed by atoms with van der Waals surface area (Å²) in [7, 11) is 0. The summed E-state index contributed by atoms with van der Waals surface area (Å²) >= 11 is 0. The zero-order valence-corrected chi connectivity index (χ0v) is 21.4. The molecule has 8 heteroatoms. The van der Waals surface area contributed by atoms with Crippen LogP contribution in [0.15, 0.2) is 35.3 Å². The van der Waals surface area contributed by atoms with E-state index in [1.165, 1.54) is 37.8 Å². The monoisotopic (exact) mass is 549 g/mol. The van der Waals surface area contributed by atoms with Crippen molar-refractivity contribution < 1.29 is 0 Å². The number of nitrogens with zero attached hydrogens (tertiary/aromatic N) is 6. The highest BCUT2D eigenvalue weighted by Crippen LogP contribution is 2.31. The van der Waals surface area contributed by atoms with Crippen LogP contribution in [-0.4, -0.2) is 62.7 Å². The summed E-state index contributed by atoms with van der Waals surface area (Å²) in [4.78, 5) is 10.2. The number of aliphatic imine (C=N–C) groups is 1. The van der Waals surface area contributed by atoms with E-state index in [2.05, 4.69) is 67.1 Å². The molecule has 32 heavy (non-hydrogen) atoms. The summed E-state index contributed by atoms with van der Waals surface area (Å²) in [6.45, 7) is 9.15. The molecule has 4 heterocycles. The third kappa shape index (κ3) is 5.11. The predicted octanol–water partition coefficient (Wildman–Crippen LogP) is 3.29. The maximum absolute atomic E-state index is 4.98. The Bertz CT molecular complexity index is 897. The highest BCUT2D eigenvalue weighted by molar-refractivity contribution is 14.0. The summed E-state index contributed by atoms with van der Waals surface area (Å²) in [5.41, 5.74) is 1.43. The van der Waals surface area contributed by atoms with Crippen LogP contribution in [0.4, 0.5) is 0 Å². The van der Waals surface area contributed by atoms with E-state index in [9.17, 15) is 0 Å². The van der Waals surface area contributed by atoms with Gasteiger partial charge in [0, 0.05) is 45.2 Å². The molecule has 3 aliphatic heterocycles. The van der Waals surface area contributed by atoms with Crippen LogP contribution < -0.4 is 5.32 Å². The third-order valence-corrected chi connectivity index (χ3v) is 7.10. The molecule has 1 aromatic heterocycles. The number of likely N-dealkylation sites (tertiary alicyclic amines) is 2. The van der Waals surface area contributed by atoms with Crippen molar-refractivity contribution in [1.29, 1.82) is 0 Å². The Morgan fingerprint density at radius 1 is 1.09 bits per heavy atom. The lowest BCUT2D eigenvalue weighted by atomic mass is 9.83. The van der Waals surface area contributed by atoms with E-state index in [0.29, 0.717) is 18.5 Å². The standard InChI is InChI=1S/C24H35N7.HI/c1-2-25-24(26-16-23-28-27-22-11-7-14-31(22)23)30-15-12-21-20(18-30)10-6-13-29(21)17-19-8-4-3-5-9-19;/h3-5,8-9,20-21H,2,6-7,10-18H2,1H3,(H,25,26);1H. The molecule has 0 spiro atoms. The van der Waals surface area contributed by atoms with Gasteiger partial charge < -0.3 is 14.8 Å². The average molecular weight is 550 g/mol. The van der Waals surface area contributed by atoms with Crippen molar-refractivity contribution in [3.8, 4) is 0 Å². The molecule has 1 N–H and O–H groups in total. The fourth-order valence-corrected chi connectivity index (χ4v) is 5.61. The van der Waals surface area contributed by atoms with Crippen LogP contribution in [0.25, 0.3) is 0 Å². The first kappa shape index (κ1) is 23.5. The van der Waals surface area contributed by atoms with Gasteiger partial charge in [-0.15, -0.1) is 34.2 Å². The van der Waals surface area contributed by atoms with E-state index < -0.39 is 0 Å². The fourth-order valence-electron chi connectivity index (χ4n) is 5.61. The number of hydrogen-bond donors (Lipinski definition) is 1. The number of halogens is 1. The number of hydrogen-bond acceptors (Lipinski definition) is 4. The third-order valence-electron chi connectivity index (χ3n) is 7.10. The molecule has 2 unspecified atom stereocenters. The van der Waals surface area contributed by atoms with Gasteiger partial charge >= 0.3 is 0 Å². The number of guanidine groups is 1. The Morgan fingerprint density at radius 2 is 1.97 bits per heavy atom. The molecule has 2 atom stereocenters. The maximum Gasteiger partial charge on any atom is 0.194 e. The number of benzene rings is 1. The lowest BCUT2D eigenvalue weighted by Gasteiger charge is -2.48. The molecule has 0 radical (unpaired) electrons. The Balaban J connectivity index is 0.00000245. The molecule has 174 valence electrons. The van der Waals surface area contributed by atoms with Gasteiger partial charge in [0.25, 0.3) is 0 Å². The summed E-state index contributed by atoms with van der Waals surface area (Å²) < 4.78 is 2.25. The van der Waals surface area contributed by atoms with Gasteiger partial charge in [0.15, 0.2) is 11.8 Å². The van der Waals surface area contributed by atoms with Crippen LogP contribution >= 0.6 is 24.0 Å². The van der Waals surface area contributed by atoms with Crippen LogP contribution in [0.2, 0.25) is 0 Å². The summed E-state index contributed by atoms with van der Waals surface area (Å²) in [5, 5.41) is 12.3. The number of rotatable bonds is 5. The quantitative estimate of drug-likeness (QED) is 0.353. The first-order valence-electron chi connectivity index (χ1n) is 12.0. The highest BCUT2D eigenvalue weighted by atomic mass is 127. The van der Waals surface area contributed by atoms with Gasteiger partial charge in [-0.3, -0.25) is 4.90 Å². The molecule has 5 rings (SSSR count). The van der Waals surface area contributed by atoms with Crippen LogP contribution in [-0.2, 0) is 26.1 Å². The zero-order valence-electron chi connectivity index (χ0n) is 19.1. The van der Waals surface area contributed by atoms with Crippen molar-refractivity contribution >= 4 is 29.9 Å². The number of aryl methyl sites for hydroxylation is 1. The smallest absolute Gasteiger partial charge is 0.194 e. The first-order valence-corrected chi connectivity index (χ1v) is 12.0. The second-order valence-electron chi connectivity index (χ2n) is 9.12. The van der Waals surface area contributed by atoms with E-state index in [4.69, 9.17) is 4.99 Å². The Kier molecular flexibility index (Phi) is 8.04. The molecular weight excluding hydrogens is 513 g/mol. The highest BCUT2D eigenvalue weighted by Gasteiger charge is 2.36. The number of piperidine rings is 2. The van der Waals surface area contributed by atoms with E-state index >= 15 is 0 Å². The van der Waals surface area contributed by atoms with E-state index in [0.717, 1.165) is 56.8 Å². The van der Waals surface area contributed by atoms with Gasteiger partial charge in [0.2, 0.25) is 0 Å². The minimum absolute atomic E-state index is 0. The van der Waals surface area contributed by atoms with Crippen molar-refractivity contribution in [3.63, 3.8) is 0 Å². The molecule has 2 aromatic rings. The van der Waals surface area contributed by atoms with Crippen molar-refractivity contribution in [2.24, 2.45) is 10.9 Å². The van der Waals surface area contributed by atoms with Gasteiger partial charge in [-0.1, -0.05) is 30.3 Å². The van der Waals surface area contributed by atoms with Crippen LogP contribution in [0.5, 0.6) is 0 Å². The second kappa shape index (κ2) is 11.0. The van der Waals surface area contributed by atoms with Crippen molar-refractivity contribution in [2.75, 3.05) is 26.2 Å². The molecule has 2 saturated heterocycles. The Morgan fingerprint density at radius 3 is 2.81 bits per heavy atom. The second-order valence-corrected chi connectivity index (χ2v) is 9.12. The number of nitrogens with one attached hydrogen (secondary N) is 1. The number of fused-ring (bicyclic) bond motifs is 2. The van der Waals surface area contributed by atoms with Gasteiger partial charge in [-0.05, 0) is 50.6 Å². The predicted molar refractivity (Wildman–Crippen MR) is 138 cm³/mol. The Labute approximate surface area is 208 Å². The fraction of sp³-hybridized carbons (Fsp3) is 0.625. The van der Waals surface area contributed by atoms with Gasteiger partial charge in [-0.2, -0.15) is 0 Å². The van der Waals surface area contributed by atoms with Crippen LogP contribution in [0, 0.1) is 5.92 Å². The van der Waals surface area contributed by atoms with Crippen LogP contribution in [0.3, 0.4) is 0 Å². The van der Waals surface area contributed by atoms with E-state index in [1.807, 2.05) is 0 Å². The molecule has 3 aliphatic rings. The largest absolute Gasteiger partial charge is 0.357 e. The molecule has 0 aliphatic carbocycles.